The third-order valence-electron chi connectivity index (χ3n) is 4.63. The number of amides is 1. The fourth-order valence-electron chi connectivity index (χ4n) is 3.14. The van der Waals surface area contributed by atoms with Crippen LogP contribution in [0.3, 0.4) is 0 Å². The fraction of sp³-hybridized carbons (Fsp3) is 0.263. The standard InChI is InChI=1S/C19H20N6OS/c1-4-14(17-20-11-21-24(17)3)22-18(26)16-10-27-19-23-15(9-25(16)19)13-8-6-5-7-12(13)2/h5-11,14H,4H2,1-3H3,(H,22,26)/t14-/m1/s1. The molecule has 3 aromatic heterocycles. The van der Waals surface area contributed by atoms with E-state index in [-0.39, 0.29) is 11.9 Å². The van der Waals surface area contributed by atoms with Gasteiger partial charge >= 0.3 is 0 Å². The molecule has 138 valence electrons. The Bertz CT molecular complexity index is 1110. The Balaban J connectivity index is 1.65. The summed E-state index contributed by atoms with van der Waals surface area (Å²) in [4.78, 5) is 22.6. The van der Waals surface area contributed by atoms with Crippen molar-refractivity contribution < 1.29 is 4.79 Å². The Hall–Kier alpha value is -3.00. The molecule has 1 aromatic carbocycles. The lowest BCUT2D eigenvalue weighted by Gasteiger charge is -2.15. The predicted molar refractivity (Wildman–Crippen MR) is 105 cm³/mol. The van der Waals surface area contributed by atoms with Crippen LogP contribution in [0.4, 0.5) is 0 Å². The van der Waals surface area contributed by atoms with Gasteiger partial charge in [0.05, 0.1) is 11.7 Å². The van der Waals surface area contributed by atoms with Gasteiger partial charge in [-0.05, 0) is 18.9 Å². The van der Waals surface area contributed by atoms with Crippen molar-refractivity contribution in [3.63, 3.8) is 0 Å². The van der Waals surface area contributed by atoms with Crippen LogP contribution in [0, 0.1) is 6.92 Å². The smallest absolute Gasteiger partial charge is 0.269 e. The minimum atomic E-state index is -0.195. The van der Waals surface area contributed by atoms with Crippen LogP contribution >= 0.6 is 11.3 Å². The molecule has 8 heteroatoms. The molecular formula is C19H20N6OS. The van der Waals surface area contributed by atoms with Crippen LogP contribution in [0.5, 0.6) is 0 Å². The average molecular weight is 380 g/mol. The number of hydrogen-bond acceptors (Lipinski definition) is 5. The second-order valence-corrected chi connectivity index (χ2v) is 7.23. The molecule has 1 amide bonds. The molecule has 0 aliphatic carbocycles. The highest BCUT2D eigenvalue weighted by Gasteiger charge is 2.21. The van der Waals surface area contributed by atoms with Crippen molar-refractivity contribution in [3.8, 4) is 11.3 Å². The topological polar surface area (TPSA) is 77.1 Å². The number of rotatable bonds is 5. The molecule has 1 atom stereocenters. The van der Waals surface area contributed by atoms with E-state index in [0.29, 0.717) is 5.69 Å². The summed E-state index contributed by atoms with van der Waals surface area (Å²) in [6, 6.07) is 7.91. The lowest BCUT2D eigenvalue weighted by atomic mass is 10.1. The number of carbonyl (C=O) groups excluding carboxylic acids is 1. The highest BCUT2D eigenvalue weighted by molar-refractivity contribution is 7.15. The zero-order valence-electron chi connectivity index (χ0n) is 15.4. The van der Waals surface area contributed by atoms with Crippen molar-refractivity contribution in [1.82, 2.24) is 29.5 Å². The summed E-state index contributed by atoms with van der Waals surface area (Å²) in [5.74, 6) is 0.591. The van der Waals surface area contributed by atoms with E-state index in [9.17, 15) is 4.79 Å². The maximum atomic E-state index is 12.9. The molecule has 0 aliphatic heterocycles. The van der Waals surface area contributed by atoms with E-state index >= 15 is 0 Å². The van der Waals surface area contributed by atoms with Crippen molar-refractivity contribution >= 4 is 22.2 Å². The van der Waals surface area contributed by atoms with Gasteiger partial charge in [0.25, 0.3) is 5.91 Å². The first kappa shape index (κ1) is 17.4. The van der Waals surface area contributed by atoms with Gasteiger partial charge in [-0.15, -0.1) is 11.3 Å². The van der Waals surface area contributed by atoms with Gasteiger partial charge in [-0.25, -0.2) is 9.97 Å². The Morgan fingerprint density at radius 3 is 2.85 bits per heavy atom. The first-order chi connectivity index (χ1) is 13.1. The van der Waals surface area contributed by atoms with Crippen molar-refractivity contribution in [1.29, 1.82) is 0 Å². The average Bonchev–Trinajstić information content (AvgIpc) is 3.35. The maximum Gasteiger partial charge on any atom is 0.269 e. The van der Waals surface area contributed by atoms with Crippen LogP contribution in [-0.2, 0) is 7.05 Å². The maximum absolute atomic E-state index is 12.9. The van der Waals surface area contributed by atoms with Gasteiger partial charge in [0.2, 0.25) is 0 Å². The molecule has 4 rings (SSSR count). The highest BCUT2D eigenvalue weighted by atomic mass is 32.1. The molecular weight excluding hydrogens is 360 g/mol. The lowest BCUT2D eigenvalue weighted by molar-refractivity contribution is 0.0927. The molecule has 0 spiro atoms. The summed E-state index contributed by atoms with van der Waals surface area (Å²) >= 11 is 1.46. The van der Waals surface area contributed by atoms with E-state index in [4.69, 9.17) is 0 Å². The predicted octanol–water partition coefficient (Wildman–Crippen LogP) is 3.38. The minimum absolute atomic E-state index is 0.148. The highest BCUT2D eigenvalue weighted by Crippen LogP contribution is 2.26. The largest absolute Gasteiger partial charge is 0.341 e. The number of carbonyl (C=O) groups is 1. The van der Waals surface area contributed by atoms with E-state index in [1.807, 2.05) is 48.1 Å². The Morgan fingerprint density at radius 1 is 1.33 bits per heavy atom. The second kappa shape index (κ2) is 6.96. The Labute approximate surface area is 160 Å². The Kier molecular flexibility index (Phi) is 4.49. The van der Waals surface area contributed by atoms with Crippen LogP contribution < -0.4 is 5.32 Å². The van der Waals surface area contributed by atoms with Gasteiger partial charge in [0, 0.05) is 24.2 Å². The van der Waals surface area contributed by atoms with E-state index in [1.165, 1.54) is 17.7 Å². The monoisotopic (exact) mass is 380 g/mol. The molecule has 1 N–H and O–H groups in total. The van der Waals surface area contributed by atoms with Crippen LogP contribution in [-0.4, -0.2) is 30.1 Å². The zero-order chi connectivity index (χ0) is 19.0. The van der Waals surface area contributed by atoms with Gasteiger partial charge in [0.15, 0.2) is 4.96 Å². The van der Waals surface area contributed by atoms with Crippen LogP contribution in [0.1, 0.15) is 41.3 Å². The van der Waals surface area contributed by atoms with Crippen molar-refractivity contribution in [3.05, 3.63) is 59.3 Å². The number of hydrogen-bond donors (Lipinski definition) is 1. The Morgan fingerprint density at radius 2 is 2.15 bits per heavy atom. The molecule has 0 saturated carbocycles. The third kappa shape index (κ3) is 3.12. The normalized spacial score (nSPS) is 12.4. The first-order valence-corrected chi connectivity index (χ1v) is 9.63. The molecule has 0 bridgehead atoms. The molecule has 0 fully saturated rings. The number of fused-ring (bicyclic) bond motifs is 1. The van der Waals surface area contributed by atoms with Gasteiger partial charge < -0.3 is 5.32 Å². The van der Waals surface area contributed by atoms with Gasteiger partial charge in [0.1, 0.15) is 17.8 Å². The van der Waals surface area contributed by atoms with Gasteiger partial charge in [-0.2, -0.15) is 5.10 Å². The quantitative estimate of drug-likeness (QED) is 0.576. The number of nitrogens with zero attached hydrogens (tertiary/aromatic N) is 5. The van der Waals surface area contributed by atoms with Gasteiger partial charge in [-0.1, -0.05) is 31.2 Å². The van der Waals surface area contributed by atoms with Crippen LogP contribution in [0.15, 0.2) is 42.2 Å². The lowest BCUT2D eigenvalue weighted by Crippen LogP contribution is -2.30. The summed E-state index contributed by atoms with van der Waals surface area (Å²) in [7, 11) is 1.82. The molecule has 0 saturated heterocycles. The van der Waals surface area contributed by atoms with Crippen molar-refractivity contribution in [2.75, 3.05) is 0 Å². The van der Waals surface area contributed by atoms with Crippen LogP contribution in [0.25, 0.3) is 16.2 Å². The second-order valence-electron chi connectivity index (χ2n) is 6.39. The molecule has 7 nitrogen and oxygen atoms in total. The van der Waals surface area contributed by atoms with E-state index in [2.05, 4.69) is 33.4 Å². The summed E-state index contributed by atoms with van der Waals surface area (Å²) in [5.41, 5.74) is 3.67. The number of thiazole rings is 1. The zero-order valence-corrected chi connectivity index (χ0v) is 16.2. The molecule has 4 aromatic rings. The van der Waals surface area contributed by atoms with Crippen LogP contribution in [0.2, 0.25) is 0 Å². The molecule has 0 unspecified atom stereocenters. The first-order valence-electron chi connectivity index (χ1n) is 8.75. The van der Waals surface area contributed by atoms with E-state index in [0.717, 1.165) is 34.0 Å². The van der Waals surface area contributed by atoms with E-state index < -0.39 is 0 Å². The number of imidazole rings is 1. The molecule has 0 aliphatic rings. The van der Waals surface area contributed by atoms with Gasteiger partial charge in [-0.3, -0.25) is 13.9 Å². The summed E-state index contributed by atoms with van der Waals surface area (Å²) in [6.07, 6.45) is 4.15. The third-order valence-corrected chi connectivity index (χ3v) is 5.47. The molecule has 0 radical (unpaired) electrons. The number of aryl methyl sites for hydroxylation is 2. The summed E-state index contributed by atoms with van der Waals surface area (Å²) in [5, 5.41) is 8.99. The summed E-state index contributed by atoms with van der Waals surface area (Å²) < 4.78 is 3.54. The number of benzene rings is 1. The van der Waals surface area contributed by atoms with Crippen molar-refractivity contribution in [2.45, 2.75) is 26.3 Å². The van der Waals surface area contributed by atoms with E-state index in [1.54, 1.807) is 4.68 Å². The molecule has 27 heavy (non-hydrogen) atoms. The number of aromatic nitrogens is 5. The number of nitrogens with one attached hydrogen (secondary N) is 1. The fourth-order valence-corrected chi connectivity index (χ4v) is 3.99. The molecule has 3 heterocycles. The SMILES string of the molecule is CC[C@@H](NC(=O)c1csc2nc(-c3ccccc3C)cn12)c1ncnn1C. The minimum Gasteiger partial charge on any atom is -0.341 e. The summed E-state index contributed by atoms with van der Waals surface area (Å²) in [6.45, 7) is 4.07. The van der Waals surface area contributed by atoms with Crippen molar-refractivity contribution in [2.24, 2.45) is 7.05 Å².